The van der Waals surface area contributed by atoms with Crippen LogP contribution in [-0.4, -0.2) is 47.2 Å². The summed E-state index contributed by atoms with van der Waals surface area (Å²) < 4.78 is 11.8. The second kappa shape index (κ2) is 11.0. The smallest absolute Gasteiger partial charge is 0.337 e. The minimum atomic E-state index is -0.858. The van der Waals surface area contributed by atoms with Gasteiger partial charge in [-0.25, -0.2) is 9.48 Å². The van der Waals surface area contributed by atoms with E-state index in [9.17, 15) is 14.7 Å². The summed E-state index contributed by atoms with van der Waals surface area (Å²) in [7, 11) is 1.34. The number of hydrogen-bond donors (Lipinski definition) is 2. The predicted molar refractivity (Wildman–Crippen MR) is 116 cm³/mol. The van der Waals surface area contributed by atoms with Gasteiger partial charge in [0.1, 0.15) is 23.5 Å². The van der Waals surface area contributed by atoms with Crippen LogP contribution in [0.1, 0.15) is 49.2 Å². The first-order chi connectivity index (χ1) is 14.3. The summed E-state index contributed by atoms with van der Waals surface area (Å²) in [6, 6.07) is 4.96. The van der Waals surface area contributed by atoms with Gasteiger partial charge in [0.25, 0.3) is 5.56 Å². The Morgan fingerprint density at radius 1 is 1.37 bits per heavy atom. The van der Waals surface area contributed by atoms with E-state index in [4.69, 9.17) is 21.1 Å². The molecule has 30 heavy (non-hydrogen) atoms. The first-order valence-electron chi connectivity index (χ1n) is 9.81. The molecule has 2 rings (SSSR count). The molecule has 0 saturated heterocycles. The van der Waals surface area contributed by atoms with Gasteiger partial charge >= 0.3 is 5.97 Å². The van der Waals surface area contributed by atoms with E-state index in [1.54, 1.807) is 18.2 Å². The molecule has 0 saturated carbocycles. The number of halogens is 1. The van der Waals surface area contributed by atoms with Crippen molar-refractivity contribution in [3.63, 3.8) is 0 Å². The Bertz CT molecular complexity index is 929. The fourth-order valence-electron chi connectivity index (χ4n) is 2.84. The number of aliphatic hydroxyl groups excluding tert-OH is 1. The molecule has 0 fully saturated rings. The quantitative estimate of drug-likeness (QED) is 0.550. The van der Waals surface area contributed by atoms with Crippen molar-refractivity contribution in [3.8, 4) is 5.75 Å². The molecule has 0 spiro atoms. The highest BCUT2D eigenvalue weighted by atomic mass is 35.5. The molecule has 2 aromatic rings. The van der Waals surface area contributed by atoms with E-state index in [2.05, 4.69) is 10.4 Å². The normalized spacial score (nSPS) is 12.0. The van der Waals surface area contributed by atoms with Gasteiger partial charge in [-0.2, -0.15) is 5.10 Å². The van der Waals surface area contributed by atoms with Gasteiger partial charge in [-0.3, -0.25) is 4.79 Å². The number of anilines is 1. The van der Waals surface area contributed by atoms with Crippen molar-refractivity contribution in [1.29, 1.82) is 0 Å². The Balaban J connectivity index is 1.99. The number of carbonyl (C=O) groups is 1. The second-order valence-corrected chi connectivity index (χ2v) is 7.50. The summed E-state index contributed by atoms with van der Waals surface area (Å²) in [4.78, 5) is 23.9. The zero-order chi connectivity index (χ0) is 22.3. The molecular formula is C21H28ClN3O5. The van der Waals surface area contributed by atoms with Crippen LogP contribution in [0.3, 0.4) is 0 Å². The van der Waals surface area contributed by atoms with E-state index < -0.39 is 17.6 Å². The molecule has 0 aliphatic carbocycles. The number of esters is 1. The van der Waals surface area contributed by atoms with Crippen LogP contribution in [0.2, 0.25) is 5.02 Å². The van der Waals surface area contributed by atoms with Gasteiger partial charge in [-0.1, -0.05) is 24.9 Å². The highest BCUT2D eigenvalue weighted by Gasteiger charge is 2.14. The Morgan fingerprint density at radius 2 is 2.10 bits per heavy atom. The number of carbonyl (C=O) groups excluding carboxylic acids is 1. The number of ether oxygens (including phenoxy) is 2. The third-order valence-corrected chi connectivity index (χ3v) is 4.76. The number of aliphatic hydroxyl groups is 1. The fourth-order valence-corrected chi connectivity index (χ4v) is 3.04. The van der Waals surface area contributed by atoms with Gasteiger partial charge in [-0.15, -0.1) is 0 Å². The zero-order valence-electron chi connectivity index (χ0n) is 17.6. The maximum atomic E-state index is 12.2. The maximum absolute atomic E-state index is 12.2. The number of methoxy groups -OCH3 is 1. The monoisotopic (exact) mass is 437 g/mol. The van der Waals surface area contributed by atoms with Gasteiger partial charge in [0.15, 0.2) is 0 Å². The summed E-state index contributed by atoms with van der Waals surface area (Å²) in [5.41, 5.74) is 1.28. The van der Waals surface area contributed by atoms with Crippen LogP contribution in [0.25, 0.3) is 0 Å². The summed E-state index contributed by atoms with van der Waals surface area (Å²) in [5.74, 6) is 0.191. The van der Waals surface area contributed by atoms with Crippen molar-refractivity contribution in [2.24, 2.45) is 0 Å². The molecule has 1 aromatic heterocycles. The Hall–Kier alpha value is -2.58. The SMILES string of the molecule is CCCc1cc(C(=O)OC)ccc1OCC(O)CNc1cnn(C(C)C)c(=O)c1Cl. The van der Waals surface area contributed by atoms with Crippen molar-refractivity contribution in [3.05, 3.63) is 50.9 Å². The highest BCUT2D eigenvalue weighted by Crippen LogP contribution is 2.23. The van der Waals surface area contributed by atoms with Crippen LogP contribution < -0.4 is 15.6 Å². The third kappa shape index (κ3) is 5.96. The molecule has 8 nitrogen and oxygen atoms in total. The topological polar surface area (TPSA) is 103 Å². The van der Waals surface area contributed by atoms with E-state index in [0.717, 1.165) is 18.4 Å². The molecule has 1 atom stereocenters. The maximum Gasteiger partial charge on any atom is 0.337 e. The van der Waals surface area contributed by atoms with E-state index in [-0.39, 0.29) is 24.2 Å². The van der Waals surface area contributed by atoms with Gasteiger partial charge in [0.05, 0.1) is 30.6 Å². The number of aryl methyl sites for hydroxylation is 1. The van der Waals surface area contributed by atoms with Gasteiger partial charge in [0.2, 0.25) is 0 Å². The first-order valence-corrected chi connectivity index (χ1v) is 10.2. The van der Waals surface area contributed by atoms with Gasteiger partial charge in [0, 0.05) is 6.54 Å². The first kappa shape index (κ1) is 23.7. The molecule has 0 bridgehead atoms. The minimum absolute atomic E-state index is 0.0232. The van der Waals surface area contributed by atoms with Crippen LogP contribution in [0, 0.1) is 0 Å². The molecule has 164 valence electrons. The molecule has 0 radical (unpaired) electrons. The third-order valence-electron chi connectivity index (χ3n) is 4.39. The summed E-state index contributed by atoms with van der Waals surface area (Å²) >= 11 is 6.12. The molecule has 1 heterocycles. The van der Waals surface area contributed by atoms with Crippen LogP contribution in [0.5, 0.6) is 5.75 Å². The van der Waals surface area contributed by atoms with Crippen molar-refractivity contribution < 1.29 is 19.4 Å². The molecule has 0 aliphatic heterocycles. The summed E-state index contributed by atoms with van der Waals surface area (Å²) in [6.07, 6.45) is 2.20. The molecular weight excluding hydrogens is 410 g/mol. The molecule has 9 heteroatoms. The van der Waals surface area contributed by atoms with Gasteiger partial charge < -0.3 is 19.9 Å². The van der Waals surface area contributed by atoms with E-state index in [1.807, 2.05) is 20.8 Å². The van der Waals surface area contributed by atoms with Crippen LogP contribution in [0.4, 0.5) is 5.69 Å². The lowest BCUT2D eigenvalue weighted by atomic mass is 10.1. The van der Waals surface area contributed by atoms with Crippen molar-refractivity contribution in [1.82, 2.24) is 9.78 Å². The number of rotatable bonds is 10. The average molecular weight is 438 g/mol. The molecule has 0 aliphatic rings. The largest absolute Gasteiger partial charge is 0.491 e. The molecule has 1 unspecified atom stereocenters. The lowest BCUT2D eigenvalue weighted by Crippen LogP contribution is -2.29. The van der Waals surface area contributed by atoms with Crippen LogP contribution >= 0.6 is 11.6 Å². The van der Waals surface area contributed by atoms with Crippen molar-refractivity contribution in [2.45, 2.75) is 45.8 Å². The summed E-state index contributed by atoms with van der Waals surface area (Å²) in [5, 5.41) is 17.3. The van der Waals surface area contributed by atoms with E-state index in [1.165, 1.54) is 18.0 Å². The van der Waals surface area contributed by atoms with E-state index in [0.29, 0.717) is 17.0 Å². The lowest BCUT2D eigenvalue weighted by Gasteiger charge is -2.17. The minimum Gasteiger partial charge on any atom is -0.491 e. The lowest BCUT2D eigenvalue weighted by molar-refractivity contribution is 0.0600. The summed E-state index contributed by atoms with van der Waals surface area (Å²) in [6.45, 7) is 5.84. The highest BCUT2D eigenvalue weighted by molar-refractivity contribution is 6.32. The van der Waals surface area contributed by atoms with Crippen molar-refractivity contribution >= 4 is 23.3 Å². The molecule has 1 aromatic carbocycles. The van der Waals surface area contributed by atoms with Crippen LogP contribution in [0.15, 0.2) is 29.2 Å². The number of hydrogen-bond acceptors (Lipinski definition) is 7. The van der Waals surface area contributed by atoms with Crippen LogP contribution in [-0.2, 0) is 11.2 Å². The number of benzene rings is 1. The van der Waals surface area contributed by atoms with Gasteiger partial charge in [-0.05, 0) is 44.0 Å². The van der Waals surface area contributed by atoms with E-state index >= 15 is 0 Å². The zero-order valence-corrected chi connectivity index (χ0v) is 18.4. The molecule has 0 amide bonds. The Kier molecular flexibility index (Phi) is 8.68. The standard InChI is InChI=1S/C21H28ClN3O5/c1-5-6-14-9-15(21(28)29-4)7-8-18(14)30-12-16(26)10-23-17-11-24-25(13(2)3)20(27)19(17)22/h7-9,11,13,16,23,26H,5-6,10,12H2,1-4H3. The average Bonchev–Trinajstić information content (AvgIpc) is 2.73. The number of nitrogens with zero attached hydrogens (tertiary/aromatic N) is 2. The molecule has 2 N–H and O–H groups in total. The number of nitrogens with one attached hydrogen (secondary N) is 1. The second-order valence-electron chi connectivity index (χ2n) is 7.13. The Labute approximate surface area is 180 Å². The predicted octanol–water partition coefficient (Wildman–Crippen LogP) is 3.07. The fraction of sp³-hybridized carbons (Fsp3) is 0.476. The Morgan fingerprint density at radius 3 is 2.73 bits per heavy atom. The number of aromatic nitrogens is 2. The van der Waals surface area contributed by atoms with Crippen molar-refractivity contribution in [2.75, 3.05) is 25.6 Å².